The maximum Gasteiger partial charge on any atom is 0.264 e. The molecule has 4 aliphatic rings. The van der Waals surface area contributed by atoms with Crippen molar-refractivity contribution in [2.24, 2.45) is 0 Å². The van der Waals surface area contributed by atoms with E-state index in [0.717, 1.165) is 92.0 Å². The van der Waals surface area contributed by atoms with Crippen molar-refractivity contribution in [2.75, 3.05) is 103 Å². The number of carbonyl (C=O) groups is 4. The molecule has 1 aliphatic carbocycles. The highest BCUT2D eigenvalue weighted by Gasteiger charge is 2.45. The molecule has 382 valence electrons. The number of piperidine rings is 1. The van der Waals surface area contributed by atoms with Gasteiger partial charge in [-0.3, -0.25) is 39.2 Å². The molecule has 0 bridgehead atoms. The number of hydrogen-bond donors (Lipinski definition) is 4. The molecule has 0 spiro atoms. The number of amides is 4. The number of benzene rings is 3. The van der Waals surface area contributed by atoms with E-state index in [4.69, 9.17) is 28.9 Å². The number of piperazine rings is 1. The lowest BCUT2D eigenvalue weighted by Gasteiger charge is -2.34. The van der Waals surface area contributed by atoms with Crippen molar-refractivity contribution >= 4 is 46.3 Å². The predicted molar refractivity (Wildman–Crippen MR) is 272 cm³/mol. The number of rotatable bonds is 24. The topological polar surface area (TPSA) is 202 Å². The lowest BCUT2D eigenvalue weighted by Crippen LogP contribution is -2.54. The lowest BCUT2D eigenvalue weighted by molar-refractivity contribution is -0.136. The summed E-state index contributed by atoms with van der Waals surface area (Å²) in [6.45, 7) is 12.6. The normalized spacial score (nSPS) is 19.8. The summed E-state index contributed by atoms with van der Waals surface area (Å²) in [5, 5.41) is 20.1. The third kappa shape index (κ3) is 12.7. The van der Waals surface area contributed by atoms with E-state index in [1.165, 1.54) is 16.7 Å². The number of ether oxygens (including phenoxy) is 4. The van der Waals surface area contributed by atoms with Crippen LogP contribution in [-0.4, -0.2) is 162 Å². The molecule has 9 rings (SSSR count). The molecule has 18 nitrogen and oxygen atoms in total. The molecule has 4 amide bonds. The second-order valence-corrected chi connectivity index (χ2v) is 19.0. The van der Waals surface area contributed by atoms with E-state index in [9.17, 15) is 24.3 Å². The van der Waals surface area contributed by atoms with Gasteiger partial charge in [-0.05, 0) is 67.9 Å². The number of carbonyl (C=O) groups excluding carboxylic acids is 4. The van der Waals surface area contributed by atoms with Gasteiger partial charge >= 0.3 is 0 Å². The number of aromatic nitrogens is 3. The van der Waals surface area contributed by atoms with Crippen LogP contribution in [-0.2, 0) is 41.6 Å². The number of nitrogens with one attached hydrogen (secondary N) is 3. The third-order valence-electron chi connectivity index (χ3n) is 14.0. The molecule has 2 saturated heterocycles. The molecule has 0 radical (unpaired) electrons. The summed E-state index contributed by atoms with van der Waals surface area (Å²) in [7, 11) is 0. The number of nitrogens with zero attached hydrogens (tertiary/aromatic N) is 6. The standard InChI is InChI=1S/C54H67N9O9/c1-37-5-7-38(8-6-37)33-56-54-57-34-44-45(36-62(50(44)59-54)41-13-15-42(64)16-14-41)40-11-9-39(10-12-40)35-61-22-20-60(21-23-61)24-26-70-28-30-72-32-31-71-29-27-69-25-19-55-46-4-2-3-43-49(46)53(68)63(52(43)67)47-17-18-48(65)58-51(47)66/h2-12,34,36,41-42,47,55,64H,13-33,35H2,1H3,(H,56,57,59)(H,58,65,66)/t41-,42-,47?. The molecule has 72 heavy (non-hydrogen) atoms. The van der Waals surface area contributed by atoms with Crippen LogP contribution >= 0.6 is 0 Å². The minimum atomic E-state index is -1.01. The van der Waals surface area contributed by atoms with E-state index in [1.54, 1.807) is 18.2 Å². The van der Waals surface area contributed by atoms with Gasteiger partial charge in [0.05, 0.1) is 70.1 Å². The highest BCUT2D eigenvalue weighted by molar-refractivity contribution is 6.25. The second kappa shape index (κ2) is 24.5. The van der Waals surface area contributed by atoms with Gasteiger partial charge in [-0.25, -0.2) is 4.98 Å². The average Bonchev–Trinajstić information content (AvgIpc) is 3.89. The quantitative estimate of drug-likeness (QED) is 0.0465. The first-order chi connectivity index (χ1) is 35.2. The van der Waals surface area contributed by atoms with Crippen molar-refractivity contribution < 1.29 is 43.2 Å². The van der Waals surface area contributed by atoms with Crippen LogP contribution in [0.2, 0.25) is 0 Å². The Morgan fingerprint density at radius 2 is 1.38 bits per heavy atom. The van der Waals surface area contributed by atoms with Gasteiger partial charge in [-0.15, -0.1) is 0 Å². The van der Waals surface area contributed by atoms with E-state index in [0.29, 0.717) is 77.6 Å². The first kappa shape index (κ1) is 50.8. The summed E-state index contributed by atoms with van der Waals surface area (Å²) in [5.41, 5.74) is 7.85. The molecule has 5 aromatic rings. The van der Waals surface area contributed by atoms with Gasteiger partial charge in [0.25, 0.3) is 11.8 Å². The van der Waals surface area contributed by atoms with Crippen LogP contribution in [0.15, 0.2) is 79.1 Å². The molecule has 4 N–H and O–H groups in total. The fourth-order valence-electron chi connectivity index (χ4n) is 9.94. The van der Waals surface area contributed by atoms with Crippen molar-refractivity contribution in [2.45, 2.75) is 76.7 Å². The highest BCUT2D eigenvalue weighted by Crippen LogP contribution is 2.37. The summed E-state index contributed by atoms with van der Waals surface area (Å²) in [4.78, 5) is 66.0. The van der Waals surface area contributed by atoms with E-state index in [1.807, 2.05) is 6.20 Å². The van der Waals surface area contributed by atoms with Crippen LogP contribution in [0.4, 0.5) is 11.6 Å². The van der Waals surface area contributed by atoms with Crippen molar-refractivity contribution in [3.05, 3.63) is 107 Å². The molecule has 1 saturated carbocycles. The zero-order valence-electron chi connectivity index (χ0n) is 41.2. The molecule has 1 atom stereocenters. The largest absolute Gasteiger partial charge is 0.393 e. The smallest absolute Gasteiger partial charge is 0.264 e. The van der Waals surface area contributed by atoms with Crippen molar-refractivity contribution in [3.63, 3.8) is 0 Å². The summed E-state index contributed by atoms with van der Waals surface area (Å²) < 4.78 is 25.2. The van der Waals surface area contributed by atoms with Crippen LogP contribution < -0.4 is 16.0 Å². The van der Waals surface area contributed by atoms with Crippen LogP contribution in [0.3, 0.4) is 0 Å². The fraction of sp³-hybridized carbons (Fsp3) is 0.481. The number of aryl methyl sites for hydroxylation is 1. The fourth-order valence-corrected chi connectivity index (χ4v) is 9.94. The summed E-state index contributed by atoms with van der Waals surface area (Å²) in [6, 6.07) is 21.7. The Balaban J connectivity index is 0.616. The molecule has 3 aliphatic heterocycles. The van der Waals surface area contributed by atoms with Crippen LogP contribution in [0, 0.1) is 6.92 Å². The molecular weight excluding hydrogens is 919 g/mol. The molecule has 1 unspecified atom stereocenters. The predicted octanol–water partition coefficient (Wildman–Crippen LogP) is 5.19. The number of aliphatic hydroxyl groups is 1. The minimum Gasteiger partial charge on any atom is -0.393 e. The zero-order valence-corrected chi connectivity index (χ0v) is 41.2. The maximum atomic E-state index is 13.3. The number of aliphatic hydroxyl groups excluding tert-OH is 1. The summed E-state index contributed by atoms with van der Waals surface area (Å²) in [6.07, 6.45) is 7.60. The van der Waals surface area contributed by atoms with Crippen LogP contribution in [0.25, 0.3) is 22.2 Å². The minimum absolute atomic E-state index is 0.0674. The summed E-state index contributed by atoms with van der Waals surface area (Å²) >= 11 is 0. The van der Waals surface area contributed by atoms with Gasteiger partial charge in [-0.2, -0.15) is 4.98 Å². The highest BCUT2D eigenvalue weighted by atomic mass is 16.6. The van der Waals surface area contributed by atoms with Gasteiger partial charge in [0.15, 0.2) is 0 Å². The Morgan fingerprint density at radius 3 is 2.08 bits per heavy atom. The molecule has 2 aromatic heterocycles. The first-order valence-electron chi connectivity index (χ1n) is 25.5. The molecule has 3 fully saturated rings. The number of hydrogen-bond acceptors (Lipinski definition) is 15. The van der Waals surface area contributed by atoms with Crippen molar-refractivity contribution in [1.82, 2.24) is 34.6 Å². The van der Waals surface area contributed by atoms with Crippen LogP contribution in [0.5, 0.6) is 0 Å². The number of imide groups is 2. The van der Waals surface area contributed by atoms with Gasteiger partial charge < -0.3 is 39.3 Å². The third-order valence-corrected chi connectivity index (χ3v) is 14.0. The average molecular weight is 986 g/mol. The van der Waals surface area contributed by atoms with Gasteiger partial charge in [0, 0.05) is 93.9 Å². The molecule has 18 heteroatoms. The number of fused-ring (bicyclic) bond motifs is 2. The number of anilines is 2. The monoisotopic (exact) mass is 986 g/mol. The first-order valence-corrected chi connectivity index (χ1v) is 25.5. The van der Waals surface area contributed by atoms with Gasteiger partial charge in [0.1, 0.15) is 11.7 Å². The van der Waals surface area contributed by atoms with Crippen molar-refractivity contribution in [3.8, 4) is 11.1 Å². The van der Waals surface area contributed by atoms with E-state index < -0.39 is 29.7 Å². The second-order valence-electron chi connectivity index (χ2n) is 19.0. The summed E-state index contributed by atoms with van der Waals surface area (Å²) in [5.74, 6) is -1.53. The van der Waals surface area contributed by atoms with Crippen LogP contribution in [0.1, 0.15) is 82.0 Å². The molecular formula is C54H67N9O9. The Hall–Kier alpha value is -6.12. The molecule has 5 heterocycles. The Labute approximate surface area is 420 Å². The Bertz CT molecular complexity index is 2650. The van der Waals surface area contributed by atoms with E-state index in [2.05, 4.69) is 92.0 Å². The van der Waals surface area contributed by atoms with E-state index >= 15 is 0 Å². The lowest BCUT2D eigenvalue weighted by atomic mass is 9.93. The maximum absolute atomic E-state index is 13.3. The van der Waals surface area contributed by atoms with Gasteiger partial charge in [0.2, 0.25) is 17.8 Å². The Morgan fingerprint density at radius 1 is 0.708 bits per heavy atom. The molecule has 3 aromatic carbocycles. The van der Waals surface area contributed by atoms with Gasteiger partial charge in [-0.1, -0.05) is 60.2 Å². The SMILES string of the molecule is Cc1ccc(CNc2ncc3c(-c4ccc(CN5CCN(CCOCCOCCOCCOCCNc6cccc7c6C(=O)N(C6CCC(=O)NC6=O)C7=O)CC5)cc4)cn([C@H]4CC[C@H](O)CC4)c3n2)cc1. The van der Waals surface area contributed by atoms with Crippen molar-refractivity contribution in [1.29, 1.82) is 0 Å². The van der Waals surface area contributed by atoms with E-state index in [-0.39, 0.29) is 36.1 Å². The Kier molecular flexibility index (Phi) is 17.3. The zero-order chi connectivity index (χ0) is 49.8.